The molecule has 0 spiro atoms. The second kappa shape index (κ2) is 9.07. The van der Waals surface area contributed by atoms with E-state index < -0.39 is 17.8 Å². The number of amides is 1. The Hall–Kier alpha value is -3.55. The molecule has 8 nitrogen and oxygen atoms in total. The molecule has 0 atom stereocenters. The molecular formula is C18H17N3O5. The Morgan fingerprint density at radius 1 is 0.962 bits per heavy atom. The number of hydrogen-bond donors (Lipinski definition) is 1. The van der Waals surface area contributed by atoms with Crippen molar-refractivity contribution < 1.29 is 23.9 Å². The molecule has 0 aromatic carbocycles. The second-order valence-corrected chi connectivity index (χ2v) is 4.97. The van der Waals surface area contributed by atoms with Gasteiger partial charge in [0.1, 0.15) is 5.76 Å². The summed E-state index contributed by atoms with van der Waals surface area (Å²) in [6.07, 6.45) is 5.76. The van der Waals surface area contributed by atoms with Crippen LogP contribution in [0.25, 0.3) is 0 Å². The van der Waals surface area contributed by atoms with E-state index in [-0.39, 0.29) is 29.2 Å². The largest absolute Gasteiger partial charge is 0.461 e. The number of pyridine rings is 2. The van der Waals surface area contributed by atoms with Crippen molar-refractivity contribution in [2.75, 3.05) is 6.61 Å². The fourth-order valence-corrected chi connectivity index (χ4v) is 1.91. The number of aromatic nitrogens is 2. The Labute approximate surface area is 149 Å². The highest BCUT2D eigenvalue weighted by atomic mass is 16.5. The van der Waals surface area contributed by atoms with Gasteiger partial charge in [0.15, 0.2) is 5.70 Å². The van der Waals surface area contributed by atoms with Gasteiger partial charge in [-0.25, -0.2) is 9.59 Å². The number of esters is 2. The Morgan fingerprint density at radius 2 is 1.50 bits per heavy atom. The molecule has 134 valence electrons. The number of carbonyl (C=O) groups is 3. The van der Waals surface area contributed by atoms with Crippen LogP contribution in [0.2, 0.25) is 0 Å². The number of allylic oxidation sites excluding steroid dienone is 1. The van der Waals surface area contributed by atoms with Crippen LogP contribution in [0.15, 0.2) is 60.5 Å². The number of ether oxygens (including phenoxy) is 2. The molecular weight excluding hydrogens is 338 g/mol. The summed E-state index contributed by atoms with van der Waals surface area (Å²) < 4.78 is 10.1. The average Bonchev–Trinajstić information content (AvgIpc) is 2.67. The van der Waals surface area contributed by atoms with E-state index in [1.807, 2.05) is 0 Å². The van der Waals surface area contributed by atoms with Gasteiger partial charge in [-0.3, -0.25) is 14.8 Å². The summed E-state index contributed by atoms with van der Waals surface area (Å²) in [5.41, 5.74) is 0.286. The molecule has 0 fully saturated rings. The highest BCUT2D eigenvalue weighted by Gasteiger charge is 2.21. The average molecular weight is 355 g/mol. The summed E-state index contributed by atoms with van der Waals surface area (Å²) in [5.74, 6) is -2.15. The minimum Gasteiger partial charge on any atom is -0.461 e. The third-order valence-electron chi connectivity index (χ3n) is 3.17. The lowest BCUT2D eigenvalue weighted by Gasteiger charge is -2.13. The van der Waals surface area contributed by atoms with Gasteiger partial charge in [0.25, 0.3) is 5.91 Å². The fraction of sp³-hybridized carbons (Fsp3) is 0.167. The molecule has 1 N–H and O–H groups in total. The lowest BCUT2D eigenvalue weighted by atomic mass is 10.2. The molecule has 1 amide bonds. The molecule has 0 saturated carbocycles. The summed E-state index contributed by atoms with van der Waals surface area (Å²) in [7, 11) is 0. The third-order valence-corrected chi connectivity index (χ3v) is 3.17. The normalized spacial score (nSPS) is 11.2. The monoisotopic (exact) mass is 355 g/mol. The van der Waals surface area contributed by atoms with E-state index in [0.717, 1.165) is 0 Å². The predicted molar refractivity (Wildman–Crippen MR) is 90.7 cm³/mol. The molecule has 2 aromatic heterocycles. The van der Waals surface area contributed by atoms with Crippen molar-refractivity contribution in [1.82, 2.24) is 15.3 Å². The summed E-state index contributed by atoms with van der Waals surface area (Å²) in [5, 5.41) is 2.42. The first-order valence-electron chi connectivity index (χ1n) is 7.74. The fourth-order valence-electron chi connectivity index (χ4n) is 1.91. The SMILES string of the molecule is CCOC(=O)C(NC(=O)c1ccncc1)=C(C)OC(=O)c1ccncc1. The highest BCUT2D eigenvalue weighted by Crippen LogP contribution is 2.11. The van der Waals surface area contributed by atoms with Crippen LogP contribution in [0.4, 0.5) is 0 Å². The van der Waals surface area contributed by atoms with Crippen LogP contribution in [0.5, 0.6) is 0 Å². The maximum absolute atomic E-state index is 12.3. The van der Waals surface area contributed by atoms with Crippen LogP contribution < -0.4 is 5.32 Å². The Kier molecular flexibility index (Phi) is 6.55. The molecule has 0 bridgehead atoms. The van der Waals surface area contributed by atoms with Crippen molar-refractivity contribution in [2.45, 2.75) is 13.8 Å². The summed E-state index contributed by atoms with van der Waals surface area (Å²) in [6.45, 7) is 3.11. The second-order valence-electron chi connectivity index (χ2n) is 4.97. The van der Waals surface area contributed by atoms with Gasteiger partial charge >= 0.3 is 11.9 Å². The van der Waals surface area contributed by atoms with Gasteiger partial charge in [-0.05, 0) is 38.1 Å². The van der Waals surface area contributed by atoms with Crippen molar-refractivity contribution in [3.63, 3.8) is 0 Å². The van der Waals surface area contributed by atoms with Gasteiger partial charge in [-0.15, -0.1) is 0 Å². The smallest absolute Gasteiger partial charge is 0.358 e. The van der Waals surface area contributed by atoms with Crippen LogP contribution in [0.1, 0.15) is 34.6 Å². The zero-order valence-electron chi connectivity index (χ0n) is 14.3. The first-order chi connectivity index (χ1) is 12.5. The molecule has 8 heteroatoms. The highest BCUT2D eigenvalue weighted by molar-refractivity contribution is 6.01. The van der Waals surface area contributed by atoms with Crippen molar-refractivity contribution in [3.05, 3.63) is 71.6 Å². The summed E-state index contributed by atoms with van der Waals surface area (Å²) in [6, 6.07) is 5.90. The Bertz CT molecular complexity index is 819. The zero-order chi connectivity index (χ0) is 18.9. The third kappa shape index (κ3) is 4.97. The van der Waals surface area contributed by atoms with E-state index in [2.05, 4.69) is 15.3 Å². The van der Waals surface area contributed by atoms with Crippen molar-refractivity contribution in [3.8, 4) is 0 Å². The van der Waals surface area contributed by atoms with E-state index >= 15 is 0 Å². The van der Waals surface area contributed by atoms with E-state index in [1.54, 1.807) is 6.92 Å². The number of carbonyl (C=O) groups excluding carboxylic acids is 3. The lowest BCUT2D eigenvalue weighted by Crippen LogP contribution is -2.30. The van der Waals surface area contributed by atoms with Crippen molar-refractivity contribution in [1.29, 1.82) is 0 Å². The lowest BCUT2D eigenvalue weighted by molar-refractivity contribution is -0.139. The van der Waals surface area contributed by atoms with Gasteiger partial charge < -0.3 is 14.8 Å². The van der Waals surface area contributed by atoms with Gasteiger partial charge in [0.05, 0.1) is 12.2 Å². The first kappa shape index (κ1) is 18.8. The summed E-state index contributed by atoms with van der Waals surface area (Å²) >= 11 is 0. The number of hydrogen-bond acceptors (Lipinski definition) is 7. The maximum atomic E-state index is 12.3. The molecule has 2 rings (SSSR count). The van der Waals surface area contributed by atoms with Crippen LogP contribution in [-0.4, -0.2) is 34.4 Å². The molecule has 0 aliphatic rings. The summed E-state index contributed by atoms with van der Waals surface area (Å²) in [4.78, 5) is 44.2. The van der Waals surface area contributed by atoms with Crippen molar-refractivity contribution in [2.24, 2.45) is 0 Å². The quantitative estimate of drug-likeness (QED) is 0.479. The van der Waals surface area contributed by atoms with Crippen molar-refractivity contribution >= 4 is 17.8 Å². The number of nitrogens with one attached hydrogen (secondary N) is 1. The minimum absolute atomic E-state index is 0.0901. The molecule has 26 heavy (non-hydrogen) atoms. The molecule has 0 aliphatic carbocycles. The van der Waals surface area contributed by atoms with E-state index in [9.17, 15) is 14.4 Å². The van der Waals surface area contributed by atoms with Crippen LogP contribution in [0.3, 0.4) is 0 Å². The predicted octanol–water partition coefficient (Wildman–Crippen LogP) is 1.86. The topological polar surface area (TPSA) is 107 Å². The van der Waals surface area contributed by atoms with E-state index in [0.29, 0.717) is 0 Å². The minimum atomic E-state index is -0.810. The van der Waals surface area contributed by atoms with E-state index in [4.69, 9.17) is 9.47 Å². The molecule has 2 aromatic rings. The molecule has 0 radical (unpaired) electrons. The molecule has 0 saturated heterocycles. The van der Waals surface area contributed by atoms with E-state index in [1.165, 1.54) is 56.0 Å². The van der Waals surface area contributed by atoms with Crippen LogP contribution in [-0.2, 0) is 14.3 Å². The zero-order valence-corrected chi connectivity index (χ0v) is 14.3. The van der Waals surface area contributed by atoms with Crippen LogP contribution >= 0.6 is 0 Å². The Morgan fingerprint density at radius 3 is 2.04 bits per heavy atom. The number of nitrogens with zero attached hydrogens (tertiary/aromatic N) is 2. The van der Waals surface area contributed by atoms with Crippen LogP contribution in [0, 0.1) is 0 Å². The molecule has 0 aliphatic heterocycles. The Balaban J connectivity index is 2.24. The number of rotatable bonds is 6. The van der Waals surface area contributed by atoms with Gasteiger partial charge in [-0.2, -0.15) is 0 Å². The van der Waals surface area contributed by atoms with Gasteiger partial charge in [0.2, 0.25) is 0 Å². The van der Waals surface area contributed by atoms with Gasteiger partial charge in [0, 0.05) is 30.4 Å². The molecule has 0 unspecified atom stereocenters. The maximum Gasteiger partial charge on any atom is 0.358 e. The molecule has 2 heterocycles. The first-order valence-corrected chi connectivity index (χ1v) is 7.74. The standard InChI is InChI=1S/C18H17N3O5/c1-3-25-18(24)15(21-16(22)13-4-8-19-9-5-13)12(2)26-17(23)14-6-10-20-11-7-14/h4-11H,3H2,1-2H3,(H,21,22). The van der Waals surface area contributed by atoms with Gasteiger partial charge in [-0.1, -0.05) is 0 Å².